The normalized spacial score (nSPS) is 17.4. The molecule has 2 aliphatic heterocycles. The Labute approximate surface area is 250 Å². The van der Waals surface area contributed by atoms with Crippen molar-refractivity contribution in [3.8, 4) is 11.5 Å². The standard InChI is InChI=1S/C18H20ClNO3.C13H12ClNO.ClH/c1-18(2,3)23-17(22)20-10-11(9-19)16-13-7-5-4-6-12(13)15(21)8-14(16)20;14-6-8-7-15-11-5-12(16)9-3-1-2-4-10(9)13(8)11;/h4-8,11,21H,9-10H2,1-3H3;1-5,8,15-16H,6-7H2;1H/t11-;8-;/m11./s1. The molecule has 3 N–H and O–H groups in total. The van der Waals surface area contributed by atoms with Crippen LogP contribution in [0.15, 0.2) is 60.7 Å². The maximum absolute atomic E-state index is 12.5. The van der Waals surface area contributed by atoms with Gasteiger partial charge in [-0.3, -0.25) is 4.90 Å². The molecule has 2 heterocycles. The zero-order chi connectivity index (χ0) is 27.9. The number of ether oxygens (including phenoxy) is 1. The van der Waals surface area contributed by atoms with Gasteiger partial charge in [-0.1, -0.05) is 48.5 Å². The van der Waals surface area contributed by atoms with E-state index < -0.39 is 11.7 Å². The van der Waals surface area contributed by atoms with Crippen molar-refractivity contribution >= 4 is 74.6 Å². The van der Waals surface area contributed by atoms with Crippen LogP contribution in [0.5, 0.6) is 11.5 Å². The number of hydrogen-bond acceptors (Lipinski definition) is 5. The first kappa shape index (κ1) is 29.9. The Morgan fingerprint density at radius 2 is 1.43 bits per heavy atom. The van der Waals surface area contributed by atoms with Crippen LogP contribution in [-0.4, -0.2) is 46.8 Å². The molecule has 0 unspecified atom stereocenters. The number of rotatable bonds is 2. The van der Waals surface area contributed by atoms with Gasteiger partial charge in [-0.15, -0.1) is 35.6 Å². The first-order valence-electron chi connectivity index (χ1n) is 13.0. The predicted octanol–water partition coefficient (Wildman–Crippen LogP) is 8.34. The lowest BCUT2D eigenvalue weighted by molar-refractivity contribution is 0.0582. The zero-order valence-electron chi connectivity index (χ0n) is 22.6. The second kappa shape index (κ2) is 11.8. The topological polar surface area (TPSA) is 82.0 Å². The van der Waals surface area contributed by atoms with E-state index in [0.29, 0.717) is 35.7 Å². The minimum atomic E-state index is -0.574. The van der Waals surface area contributed by atoms with Crippen LogP contribution < -0.4 is 10.2 Å². The van der Waals surface area contributed by atoms with Crippen molar-refractivity contribution in [2.75, 3.05) is 35.1 Å². The fourth-order valence-corrected chi connectivity index (χ4v) is 5.99. The van der Waals surface area contributed by atoms with Crippen molar-refractivity contribution in [2.24, 2.45) is 0 Å². The maximum atomic E-state index is 12.5. The highest BCUT2D eigenvalue weighted by atomic mass is 35.5. The molecular formula is C31H33Cl3N2O4. The maximum Gasteiger partial charge on any atom is 0.414 e. The average molecular weight is 604 g/mol. The second-order valence-electron chi connectivity index (χ2n) is 11.0. The summed E-state index contributed by atoms with van der Waals surface area (Å²) >= 11 is 12.1. The molecule has 0 saturated heterocycles. The summed E-state index contributed by atoms with van der Waals surface area (Å²) in [4.78, 5) is 14.1. The minimum absolute atomic E-state index is 0. The van der Waals surface area contributed by atoms with Gasteiger partial charge in [-0.05, 0) is 42.7 Å². The number of anilines is 2. The number of fused-ring (bicyclic) bond motifs is 6. The number of alkyl halides is 2. The molecular weight excluding hydrogens is 571 g/mol. The van der Waals surface area contributed by atoms with E-state index in [1.807, 2.05) is 69.3 Å². The zero-order valence-corrected chi connectivity index (χ0v) is 24.9. The van der Waals surface area contributed by atoms with Crippen molar-refractivity contribution in [3.63, 3.8) is 0 Å². The molecule has 9 heteroatoms. The largest absolute Gasteiger partial charge is 0.507 e. The summed E-state index contributed by atoms with van der Waals surface area (Å²) in [5.41, 5.74) is 3.36. The highest BCUT2D eigenvalue weighted by Crippen LogP contribution is 2.45. The van der Waals surface area contributed by atoms with Gasteiger partial charge >= 0.3 is 6.09 Å². The number of aromatic hydroxyl groups is 2. The van der Waals surface area contributed by atoms with Crippen LogP contribution in [0.2, 0.25) is 0 Å². The van der Waals surface area contributed by atoms with E-state index in [1.165, 1.54) is 5.56 Å². The third kappa shape index (κ3) is 5.58. The van der Waals surface area contributed by atoms with Gasteiger partial charge in [-0.25, -0.2) is 4.79 Å². The fourth-order valence-electron chi connectivity index (χ4n) is 5.47. The van der Waals surface area contributed by atoms with Crippen LogP contribution in [0.1, 0.15) is 43.7 Å². The van der Waals surface area contributed by atoms with Gasteiger partial charge in [0, 0.05) is 65.3 Å². The molecule has 212 valence electrons. The molecule has 0 aromatic heterocycles. The average Bonchev–Trinajstić information content (AvgIpc) is 3.50. The number of hydrogen-bond donors (Lipinski definition) is 3. The van der Waals surface area contributed by atoms with E-state index in [0.717, 1.165) is 39.3 Å². The molecule has 4 aromatic rings. The van der Waals surface area contributed by atoms with Crippen LogP contribution in [0, 0.1) is 0 Å². The SMILES string of the molecule is CC(C)(C)OC(=O)N1C[C@@H](CCl)c2c1cc(O)c1ccccc21.Cl.Oc1cc2c(c3ccccc13)[C@H](CCl)CN2. The quantitative estimate of drug-likeness (QED) is 0.201. The molecule has 6 nitrogen and oxygen atoms in total. The molecule has 0 bridgehead atoms. The number of phenolic OH excluding ortho intramolecular Hbond substituents is 2. The number of nitrogens with zero attached hydrogens (tertiary/aromatic N) is 1. The third-order valence-electron chi connectivity index (χ3n) is 7.14. The van der Waals surface area contributed by atoms with E-state index in [1.54, 1.807) is 17.0 Å². The number of nitrogens with one attached hydrogen (secondary N) is 1. The summed E-state index contributed by atoms with van der Waals surface area (Å²) in [7, 11) is 0. The highest BCUT2D eigenvalue weighted by molar-refractivity contribution is 6.19. The summed E-state index contributed by atoms with van der Waals surface area (Å²) in [6.45, 7) is 6.81. The molecule has 40 heavy (non-hydrogen) atoms. The van der Waals surface area contributed by atoms with Gasteiger partial charge in [0.05, 0.1) is 5.69 Å². The summed E-state index contributed by atoms with van der Waals surface area (Å²) in [5, 5.41) is 27.2. The van der Waals surface area contributed by atoms with E-state index in [9.17, 15) is 15.0 Å². The Morgan fingerprint density at radius 1 is 0.900 bits per heavy atom. The van der Waals surface area contributed by atoms with Gasteiger partial charge in [0.15, 0.2) is 0 Å². The Hall–Kier alpha value is -3.06. The third-order valence-corrected chi connectivity index (χ3v) is 7.89. The molecule has 4 aromatic carbocycles. The van der Waals surface area contributed by atoms with Gasteiger partial charge < -0.3 is 20.3 Å². The van der Waals surface area contributed by atoms with Crippen molar-refractivity contribution in [2.45, 2.75) is 38.2 Å². The van der Waals surface area contributed by atoms with Crippen LogP contribution in [0.3, 0.4) is 0 Å². The number of carbonyl (C=O) groups is 1. The van der Waals surface area contributed by atoms with Gasteiger partial charge in [0.1, 0.15) is 17.1 Å². The molecule has 2 atom stereocenters. The molecule has 0 fully saturated rings. The lowest BCUT2D eigenvalue weighted by Crippen LogP contribution is -2.36. The van der Waals surface area contributed by atoms with Gasteiger partial charge in [0.25, 0.3) is 0 Å². The summed E-state index contributed by atoms with van der Waals surface area (Å²) < 4.78 is 5.49. The van der Waals surface area contributed by atoms with E-state index in [4.69, 9.17) is 27.9 Å². The molecule has 0 saturated carbocycles. The van der Waals surface area contributed by atoms with Crippen LogP contribution in [0.4, 0.5) is 16.2 Å². The predicted molar refractivity (Wildman–Crippen MR) is 167 cm³/mol. The first-order chi connectivity index (χ1) is 18.6. The van der Waals surface area contributed by atoms with Crippen LogP contribution in [0.25, 0.3) is 21.5 Å². The fraction of sp³-hybridized carbons (Fsp3) is 0.323. The highest BCUT2D eigenvalue weighted by Gasteiger charge is 2.36. The smallest absolute Gasteiger partial charge is 0.414 e. The first-order valence-corrected chi connectivity index (χ1v) is 14.0. The van der Waals surface area contributed by atoms with Crippen molar-refractivity contribution < 1.29 is 19.7 Å². The van der Waals surface area contributed by atoms with Crippen molar-refractivity contribution in [1.82, 2.24) is 0 Å². The van der Waals surface area contributed by atoms with Gasteiger partial charge in [-0.2, -0.15) is 0 Å². The number of halogens is 3. The number of amides is 1. The van der Waals surface area contributed by atoms with Gasteiger partial charge in [0.2, 0.25) is 0 Å². The van der Waals surface area contributed by atoms with E-state index in [-0.39, 0.29) is 24.1 Å². The molecule has 0 radical (unpaired) electrons. The second-order valence-corrected chi connectivity index (χ2v) is 11.6. The number of phenols is 2. The van der Waals surface area contributed by atoms with Crippen LogP contribution in [-0.2, 0) is 4.74 Å². The molecule has 0 spiro atoms. The Balaban J connectivity index is 0.000000191. The Bertz CT molecular complexity index is 1550. The molecule has 0 aliphatic carbocycles. The Kier molecular flexibility index (Phi) is 8.83. The Morgan fingerprint density at radius 3 is 1.98 bits per heavy atom. The lowest BCUT2D eigenvalue weighted by atomic mass is 9.95. The summed E-state index contributed by atoms with van der Waals surface area (Å²) in [6.07, 6.45) is -0.416. The molecule has 6 rings (SSSR count). The van der Waals surface area contributed by atoms with E-state index in [2.05, 4.69) is 5.32 Å². The van der Waals surface area contributed by atoms with E-state index >= 15 is 0 Å². The van der Waals surface area contributed by atoms with Crippen molar-refractivity contribution in [1.29, 1.82) is 0 Å². The number of carbonyl (C=O) groups excluding carboxylic acids is 1. The minimum Gasteiger partial charge on any atom is -0.507 e. The van der Waals surface area contributed by atoms with Crippen LogP contribution >= 0.6 is 35.6 Å². The lowest BCUT2D eigenvalue weighted by Gasteiger charge is -2.25. The molecule has 1 amide bonds. The monoisotopic (exact) mass is 602 g/mol. The van der Waals surface area contributed by atoms with Crippen molar-refractivity contribution in [3.05, 3.63) is 71.8 Å². The summed E-state index contributed by atoms with van der Waals surface area (Å²) in [6, 6.07) is 19.0. The molecule has 2 aliphatic rings. The number of benzene rings is 4. The summed E-state index contributed by atoms with van der Waals surface area (Å²) in [5.74, 6) is 1.85.